The lowest BCUT2D eigenvalue weighted by atomic mass is 9.96. The number of halogens is 1. The summed E-state index contributed by atoms with van der Waals surface area (Å²) in [5.41, 5.74) is 1.14. The Labute approximate surface area is 221 Å². The van der Waals surface area contributed by atoms with Crippen LogP contribution in [0, 0.1) is 5.82 Å². The minimum atomic E-state index is -1.02. The molecule has 0 saturated carbocycles. The Kier molecular flexibility index (Phi) is 7.51. The molecule has 0 bridgehead atoms. The van der Waals surface area contributed by atoms with Crippen molar-refractivity contribution in [3.8, 4) is 0 Å². The third-order valence-electron chi connectivity index (χ3n) is 7.28. The molecule has 2 heterocycles. The van der Waals surface area contributed by atoms with E-state index >= 15 is 0 Å². The highest BCUT2D eigenvalue weighted by molar-refractivity contribution is 5.98. The monoisotopic (exact) mass is 515 g/mol. The highest BCUT2D eigenvalue weighted by Crippen LogP contribution is 2.38. The Hall–Kier alpha value is -4.04. The van der Waals surface area contributed by atoms with Gasteiger partial charge < -0.3 is 15.0 Å². The largest absolute Gasteiger partial charge is 0.353 e. The van der Waals surface area contributed by atoms with Gasteiger partial charge in [-0.3, -0.25) is 19.3 Å². The molecule has 0 aromatic heterocycles. The van der Waals surface area contributed by atoms with Crippen LogP contribution in [-0.4, -0.2) is 59.0 Å². The van der Waals surface area contributed by atoms with E-state index in [-0.39, 0.29) is 24.0 Å². The fourth-order valence-electron chi connectivity index (χ4n) is 5.19. The van der Waals surface area contributed by atoms with Gasteiger partial charge in [0, 0.05) is 38.0 Å². The maximum Gasteiger partial charge on any atom is 0.256 e. The van der Waals surface area contributed by atoms with Crippen molar-refractivity contribution in [2.24, 2.45) is 0 Å². The summed E-state index contributed by atoms with van der Waals surface area (Å²) in [6.45, 7) is 1.17. The zero-order valence-electron chi connectivity index (χ0n) is 21.0. The fourth-order valence-corrected chi connectivity index (χ4v) is 5.19. The number of rotatable bonds is 6. The smallest absolute Gasteiger partial charge is 0.256 e. The Morgan fingerprint density at radius 3 is 2.11 bits per heavy atom. The molecule has 5 rings (SSSR count). The quantitative estimate of drug-likeness (QED) is 0.545. The van der Waals surface area contributed by atoms with E-state index in [1.807, 2.05) is 60.7 Å². The molecule has 2 fully saturated rings. The summed E-state index contributed by atoms with van der Waals surface area (Å²) in [6, 6.07) is 23.5. The van der Waals surface area contributed by atoms with Crippen molar-refractivity contribution in [2.45, 2.75) is 37.6 Å². The third-order valence-corrected chi connectivity index (χ3v) is 7.28. The van der Waals surface area contributed by atoms with E-state index in [4.69, 9.17) is 4.74 Å². The van der Waals surface area contributed by atoms with E-state index in [9.17, 15) is 18.8 Å². The second kappa shape index (κ2) is 11.1. The molecule has 2 aliphatic rings. The van der Waals surface area contributed by atoms with Crippen molar-refractivity contribution in [2.75, 3.05) is 19.7 Å². The first-order valence-corrected chi connectivity index (χ1v) is 12.8. The molecule has 0 aliphatic carbocycles. The van der Waals surface area contributed by atoms with Crippen molar-refractivity contribution < 1.29 is 23.5 Å². The van der Waals surface area contributed by atoms with Gasteiger partial charge in [0.1, 0.15) is 17.6 Å². The number of carbonyl (C=O) groups excluding carboxylic acids is 3. The van der Waals surface area contributed by atoms with Crippen LogP contribution < -0.4 is 5.32 Å². The number of carbonyl (C=O) groups is 3. The zero-order valence-corrected chi connectivity index (χ0v) is 21.0. The van der Waals surface area contributed by atoms with Gasteiger partial charge in [0.15, 0.2) is 0 Å². The van der Waals surface area contributed by atoms with Crippen molar-refractivity contribution >= 4 is 17.7 Å². The van der Waals surface area contributed by atoms with E-state index in [2.05, 4.69) is 5.32 Å². The van der Waals surface area contributed by atoms with Gasteiger partial charge in [-0.25, -0.2) is 4.39 Å². The molecular formula is C30H30FN3O4. The number of hydrogen-bond donors (Lipinski definition) is 1. The van der Waals surface area contributed by atoms with Crippen LogP contribution in [-0.2, 0) is 27.3 Å². The normalized spacial score (nSPS) is 18.4. The van der Waals surface area contributed by atoms with Crippen molar-refractivity contribution in [3.05, 3.63) is 107 Å². The number of nitrogens with one attached hydrogen (secondary N) is 1. The lowest BCUT2D eigenvalue weighted by Crippen LogP contribution is -2.59. The van der Waals surface area contributed by atoms with Crippen LogP contribution in [0.5, 0.6) is 0 Å². The molecule has 2 saturated heterocycles. The molecule has 0 radical (unpaired) electrons. The van der Waals surface area contributed by atoms with Gasteiger partial charge >= 0.3 is 0 Å². The number of likely N-dealkylation sites (tertiary alicyclic amines) is 1. The van der Waals surface area contributed by atoms with Crippen LogP contribution in [0.2, 0.25) is 0 Å². The number of amides is 3. The van der Waals surface area contributed by atoms with E-state index < -0.39 is 23.5 Å². The zero-order chi connectivity index (χ0) is 26.5. The average Bonchev–Trinajstić information content (AvgIpc) is 3.31. The highest BCUT2D eigenvalue weighted by atomic mass is 19.1. The number of benzene rings is 3. The minimum Gasteiger partial charge on any atom is -0.353 e. The predicted octanol–water partition coefficient (Wildman–Crippen LogP) is 3.54. The van der Waals surface area contributed by atoms with Crippen molar-refractivity contribution in [1.82, 2.24) is 15.1 Å². The number of ether oxygens (including phenoxy) is 1. The third kappa shape index (κ3) is 5.45. The molecule has 38 heavy (non-hydrogen) atoms. The van der Waals surface area contributed by atoms with Crippen LogP contribution in [0.1, 0.15) is 34.3 Å². The first-order valence-electron chi connectivity index (χ1n) is 12.8. The summed E-state index contributed by atoms with van der Waals surface area (Å²) < 4.78 is 19.8. The van der Waals surface area contributed by atoms with Gasteiger partial charge in [0.2, 0.25) is 11.8 Å². The molecule has 7 nitrogen and oxygen atoms in total. The first kappa shape index (κ1) is 25.6. The molecule has 3 aromatic rings. The van der Waals surface area contributed by atoms with Crippen molar-refractivity contribution in [3.63, 3.8) is 0 Å². The average molecular weight is 516 g/mol. The summed E-state index contributed by atoms with van der Waals surface area (Å²) in [7, 11) is 0. The van der Waals surface area contributed by atoms with E-state index in [0.717, 1.165) is 11.1 Å². The lowest BCUT2D eigenvalue weighted by Gasteiger charge is -2.44. The maximum absolute atomic E-state index is 13.7. The molecule has 8 heteroatoms. The maximum atomic E-state index is 13.7. The van der Waals surface area contributed by atoms with Crippen LogP contribution in [0.15, 0.2) is 84.9 Å². The topological polar surface area (TPSA) is 79.0 Å². The SMILES string of the molecule is O=C(NCc1ccccc1)C1COC2(CCN(C(=O)Cc3ccccc3)CC2)N1C(=O)c1ccc(F)cc1. The second-order valence-corrected chi connectivity index (χ2v) is 9.70. The standard InChI is InChI=1S/C30H30FN3O4/c31-25-13-11-24(12-14-25)29(37)34-26(28(36)32-20-23-9-5-2-6-10-23)21-38-30(34)15-17-33(18-16-30)27(35)19-22-7-3-1-4-8-22/h1-14,26H,15-21H2,(H,32,36). The lowest BCUT2D eigenvalue weighted by molar-refractivity contribution is -0.143. The Bertz CT molecular complexity index is 1280. The van der Waals surface area contributed by atoms with Gasteiger partial charge in [-0.1, -0.05) is 60.7 Å². The minimum absolute atomic E-state index is 0.0117. The Morgan fingerprint density at radius 2 is 1.47 bits per heavy atom. The molecule has 1 N–H and O–H groups in total. The van der Waals surface area contributed by atoms with E-state index in [0.29, 0.717) is 38.9 Å². The van der Waals surface area contributed by atoms with Crippen LogP contribution in [0.25, 0.3) is 0 Å². The molecule has 1 unspecified atom stereocenters. The number of piperidine rings is 1. The van der Waals surface area contributed by atoms with Crippen LogP contribution in [0.3, 0.4) is 0 Å². The summed E-state index contributed by atoms with van der Waals surface area (Å²) in [5, 5.41) is 2.93. The van der Waals surface area contributed by atoms with E-state index in [1.54, 1.807) is 4.90 Å². The molecule has 2 aliphatic heterocycles. The van der Waals surface area contributed by atoms with Crippen LogP contribution >= 0.6 is 0 Å². The van der Waals surface area contributed by atoms with Gasteiger partial charge in [0.05, 0.1) is 13.0 Å². The molecule has 196 valence electrons. The Morgan fingerprint density at radius 1 is 0.868 bits per heavy atom. The highest BCUT2D eigenvalue weighted by Gasteiger charge is 2.54. The van der Waals surface area contributed by atoms with Crippen LogP contribution in [0.4, 0.5) is 4.39 Å². The summed E-state index contributed by atoms with van der Waals surface area (Å²) in [6.07, 6.45) is 1.06. The van der Waals surface area contributed by atoms with E-state index in [1.165, 1.54) is 29.2 Å². The summed E-state index contributed by atoms with van der Waals surface area (Å²) >= 11 is 0. The summed E-state index contributed by atoms with van der Waals surface area (Å²) in [4.78, 5) is 43.3. The van der Waals surface area contributed by atoms with Gasteiger partial charge in [-0.2, -0.15) is 0 Å². The molecular weight excluding hydrogens is 485 g/mol. The Balaban J connectivity index is 1.33. The molecule has 1 atom stereocenters. The second-order valence-electron chi connectivity index (χ2n) is 9.70. The summed E-state index contributed by atoms with van der Waals surface area (Å²) in [5.74, 6) is -1.15. The first-order chi connectivity index (χ1) is 18.4. The predicted molar refractivity (Wildman–Crippen MR) is 139 cm³/mol. The molecule has 3 aromatic carbocycles. The number of nitrogens with zero attached hydrogens (tertiary/aromatic N) is 2. The van der Waals surface area contributed by atoms with Crippen molar-refractivity contribution in [1.29, 1.82) is 0 Å². The fraction of sp³-hybridized carbons (Fsp3) is 0.300. The van der Waals surface area contributed by atoms with Gasteiger partial charge in [-0.15, -0.1) is 0 Å². The molecule has 1 spiro atoms. The van der Waals surface area contributed by atoms with Gasteiger partial charge in [0.25, 0.3) is 5.91 Å². The van der Waals surface area contributed by atoms with Gasteiger partial charge in [-0.05, 0) is 35.4 Å². The number of hydrogen-bond acceptors (Lipinski definition) is 4. The molecule has 3 amide bonds.